The van der Waals surface area contributed by atoms with Crippen LogP contribution in [0.1, 0.15) is 61.5 Å². The maximum atomic E-state index is 12.8. The number of thiophene rings is 1. The van der Waals surface area contributed by atoms with Gasteiger partial charge in [-0.3, -0.25) is 4.79 Å². The van der Waals surface area contributed by atoms with E-state index in [1.807, 2.05) is 18.2 Å². The Bertz CT molecular complexity index is 1200. The highest BCUT2D eigenvalue weighted by molar-refractivity contribution is 7.99. The number of anilines is 1. The second-order valence-electron chi connectivity index (χ2n) is 9.77. The Hall–Kier alpha value is -2.63. The lowest BCUT2D eigenvalue weighted by Crippen LogP contribution is -2.26. The number of nitrogens with zero attached hydrogens (tertiary/aromatic N) is 4. The number of hydrogen-bond acceptors (Lipinski definition) is 6. The van der Waals surface area contributed by atoms with Gasteiger partial charge in [0.1, 0.15) is 16.9 Å². The lowest BCUT2D eigenvalue weighted by molar-refractivity contribution is -0.113. The van der Waals surface area contributed by atoms with Gasteiger partial charge in [0.25, 0.3) is 0 Å². The normalized spacial score (nSPS) is 15.6. The predicted molar refractivity (Wildman–Crippen MR) is 138 cm³/mol. The quantitative estimate of drug-likeness (QED) is 0.427. The van der Waals surface area contributed by atoms with Crippen LogP contribution in [0.2, 0.25) is 0 Å². The van der Waals surface area contributed by atoms with Gasteiger partial charge in [-0.1, -0.05) is 62.9 Å². The second kappa shape index (κ2) is 10.3. The molecule has 0 aliphatic heterocycles. The number of benzene rings is 1. The maximum absolute atomic E-state index is 12.8. The van der Waals surface area contributed by atoms with Crippen molar-refractivity contribution in [3.8, 4) is 6.07 Å². The van der Waals surface area contributed by atoms with Crippen LogP contribution >= 0.6 is 23.1 Å². The number of carbonyl (C=O) groups excluding carboxylic acids is 1. The third kappa shape index (κ3) is 5.37. The van der Waals surface area contributed by atoms with E-state index in [0.29, 0.717) is 22.9 Å². The van der Waals surface area contributed by atoms with Gasteiger partial charge in [0.2, 0.25) is 5.91 Å². The number of nitrogens with one attached hydrogen (secondary N) is 1. The van der Waals surface area contributed by atoms with Gasteiger partial charge in [0, 0.05) is 17.8 Å². The minimum absolute atomic E-state index is 0.122. The molecular formula is C26H31N5OS2. The first-order valence-corrected chi connectivity index (χ1v) is 13.5. The molecule has 0 fully saturated rings. The Balaban J connectivity index is 1.41. The monoisotopic (exact) mass is 493 g/mol. The zero-order valence-electron chi connectivity index (χ0n) is 20.2. The summed E-state index contributed by atoms with van der Waals surface area (Å²) in [4.78, 5) is 14.0. The molecule has 1 aliphatic rings. The number of nitriles is 1. The van der Waals surface area contributed by atoms with Crippen molar-refractivity contribution in [2.75, 3.05) is 11.1 Å². The van der Waals surface area contributed by atoms with E-state index in [1.54, 1.807) is 11.3 Å². The van der Waals surface area contributed by atoms with Gasteiger partial charge in [0.05, 0.1) is 11.3 Å². The second-order valence-corrected chi connectivity index (χ2v) is 11.8. The van der Waals surface area contributed by atoms with Gasteiger partial charge in [0.15, 0.2) is 5.16 Å². The summed E-state index contributed by atoms with van der Waals surface area (Å²) in [5.41, 5.74) is 3.20. The summed E-state index contributed by atoms with van der Waals surface area (Å²) in [6.45, 7) is 9.64. The molecule has 0 saturated heterocycles. The molecule has 8 heteroatoms. The lowest BCUT2D eigenvalue weighted by Gasteiger charge is -2.33. The van der Waals surface area contributed by atoms with Gasteiger partial charge in [-0.05, 0) is 48.6 Å². The van der Waals surface area contributed by atoms with E-state index in [0.717, 1.165) is 42.4 Å². The Morgan fingerprint density at radius 2 is 2.06 bits per heavy atom. The molecule has 2 aromatic heterocycles. The molecule has 1 amide bonds. The van der Waals surface area contributed by atoms with Crippen LogP contribution in [0.4, 0.5) is 5.00 Å². The van der Waals surface area contributed by atoms with Gasteiger partial charge in [-0.15, -0.1) is 21.5 Å². The van der Waals surface area contributed by atoms with Crippen molar-refractivity contribution in [1.29, 1.82) is 5.26 Å². The highest BCUT2D eigenvalue weighted by Gasteiger charge is 2.32. The topological polar surface area (TPSA) is 83.6 Å². The van der Waals surface area contributed by atoms with E-state index in [1.165, 1.54) is 22.2 Å². The molecule has 3 aromatic rings. The minimum atomic E-state index is -0.122. The molecule has 1 aromatic carbocycles. The largest absolute Gasteiger partial charge is 0.316 e. The van der Waals surface area contributed by atoms with Gasteiger partial charge < -0.3 is 9.88 Å². The molecule has 1 aliphatic carbocycles. The molecule has 0 spiro atoms. The number of amides is 1. The number of aromatic nitrogens is 3. The highest BCUT2D eigenvalue weighted by atomic mass is 32.2. The first kappa shape index (κ1) is 24.5. The fourth-order valence-electron chi connectivity index (χ4n) is 4.48. The molecule has 4 rings (SSSR count). The first-order valence-electron chi connectivity index (χ1n) is 11.7. The molecule has 0 bridgehead atoms. The molecule has 1 N–H and O–H groups in total. The minimum Gasteiger partial charge on any atom is -0.316 e. The first-order chi connectivity index (χ1) is 16.3. The van der Waals surface area contributed by atoms with E-state index < -0.39 is 0 Å². The van der Waals surface area contributed by atoms with Crippen LogP contribution < -0.4 is 5.32 Å². The molecule has 34 heavy (non-hydrogen) atoms. The summed E-state index contributed by atoms with van der Waals surface area (Å²) >= 11 is 2.95. The number of thioether (sulfide) groups is 1. The van der Waals surface area contributed by atoms with Crippen molar-refractivity contribution in [3.05, 3.63) is 57.7 Å². The third-order valence-corrected chi connectivity index (χ3v) is 8.64. The van der Waals surface area contributed by atoms with Crippen LogP contribution in [0.3, 0.4) is 0 Å². The molecule has 0 saturated carbocycles. The number of carbonyl (C=O) groups is 1. The Kier molecular flexibility index (Phi) is 7.44. The van der Waals surface area contributed by atoms with Crippen molar-refractivity contribution in [2.24, 2.45) is 11.3 Å². The fraction of sp³-hybridized carbons (Fsp3) is 0.462. The van der Waals surface area contributed by atoms with Crippen molar-refractivity contribution >= 4 is 34.0 Å². The van der Waals surface area contributed by atoms with Crippen molar-refractivity contribution < 1.29 is 4.79 Å². The summed E-state index contributed by atoms with van der Waals surface area (Å²) in [6, 6.07) is 12.5. The van der Waals surface area contributed by atoms with Crippen LogP contribution in [0.5, 0.6) is 0 Å². The van der Waals surface area contributed by atoms with Gasteiger partial charge in [-0.25, -0.2) is 0 Å². The Morgan fingerprint density at radius 3 is 2.74 bits per heavy atom. The van der Waals surface area contributed by atoms with E-state index in [-0.39, 0.29) is 17.1 Å². The van der Waals surface area contributed by atoms with Crippen molar-refractivity contribution in [2.45, 2.75) is 65.1 Å². The molecule has 6 nitrogen and oxygen atoms in total. The number of hydrogen-bond donors (Lipinski definition) is 1. The van der Waals surface area contributed by atoms with E-state index in [4.69, 9.17) is 0 Å². The molecule has 1 unspecified atom stereocenters. The molecule has 178 valence electrons. The van der Waals surface area contributed by atoms with E-state index in [2.05, 4.69) is 66.0 Å². The zero-order chi connectivity index (χ0) is 24.3. The number of rotatable bonds is 7. The summed E-state index contributed by atoms with van der Waals surface area (Å²) in [7, 11) is 0. The van der Waals surface area contributed by atoms with Crippen LogP contribution in [0.15, 0.2) is 35.5 Å². The number of fused-ring (bicyclic) bond motifs is 1. The molecular weight excluding hydrogens is 462 g/mol. The van der Waals surface area contributed by atoms with Crippen molar-refractivity contribution in [3.63, 3.8) is 0 Å². The Morgan fingerprint density at radius 1 is 1.29 bits per heavy atom. The molecule has 1 atom stereocenters. The lowest BCUT2D eigenvalue weighted by atomic mass is 9.72. The van der Waals surface area contributed by atoms with E-state index >= 15 is 0 Å². The van der Waals surface area contributed by atoms with E-state index in [9.17, 15) is 10.1 Å². The summed E-state index contributed by atoms with van der Waals surface area (Å²) in [5, 5.41) is 22.9. The maximum Gasteiger partial charge on any atom is 0.235 e. The smallest absolute Gasteiger partial charge is 0.235 e. The predicted octanol–water partition coefficient (Wildman–Crippen LogP) is 5.70. The van der Waals surface area contributed by atoms with Gasteiger partial charge >= 0.3 is 0 Å². The SMILES string of the molecule is CCn1c(Cc2ccccc2)nnc1SCC(=O)Nc1sc2c(c1C#N)CCC(C(C)(C)C)C2. The fourth-order valence-corrected chi connectivity index (χ4v) is 6.59. The Labute approximate surface area is 209 Å². The average molecular weight is 494 g/mol. The third-order valence-electron chi connectivity index (χ3n) is 6.50. The molecule has 0 radical (unpaired) electrons. The van der Waals surface area contributed by atoms with Gasteiger partial charge in [-0.2, -0.15) is 5.26 Å². The average Bonchev–Trinajstić information content (AvgIpc) is 3.36. The summed E-state index contributed by atoms with van der Waals surface area (Å²) in [6.07, 6.45) is 3.68. The highest BCUT2D eigenvalue weighted by Crippen LogP contribution is 2.44. The van der Waals surface area contributed by atoms with Crippen molar-refractivity contribution in [1.82, 2.24) is 14.8 Å². The summed E-state index contributed by atoms with van der Waals surface area (Å²) in [5.74, 6) is 1.59. The standard InChI is InChI=1S/C26H31N5OS2/c1-5-31-22(13-17-9-7-6-8-10-17)29-30-25(31)33-16-23(32)28-24-20(15-27)19-12-11-18(26(2,3)4)14-21(19)34-24/h6-10,18H,5,11-14,16H2,1-4H3,(H,28,32). The van der Waals surface area contributed by atoms with Crippen LogP contribution in [-0.2, 0) is 30.6 Å². The van der Waals surface area contributed by atoms with Crippen LogP contribution in [0.25, 0.3) is 0 Å². The summed E-state index contributed by atoms with van der Waals surface area (Å²) < 4.78 is 2.06. The van der Waals surface area contributed by atoms with Crippen LogP contribution in [-0.4, -0.2) is 26.4 Å². The zero-order valence-corrected chi connectivity index (χ0v) is 21.9. The van der Waals surface area contributed by atoms with Crippen LogP contribution in [0, 0.1) is 22.7 Å². The molecule has 2 heterocycles.